The molecule has 1 N–H and O–H groups in total. The van der Waals surface area contributed by atoms with E-state index in [4.69, 9.17) is 11.6 Å². The Morgan fingerprint density at radius 2 is 2.31 bits per heavy atom. The second-order valence-corrected chi connectivity index (χ2v) is 3.78. The molecule has 0 aliphatic rings. The first-order valence-electron chi connectivity index (χ1n) is 4.96. The fourth-order valence-electron chi connectivity index (χ4n) is 1.12. The van der Waals surface area contributed by atoms with Gasteiger partial charge in [-0.1, -0.05) is 29.8 Å². The molecule has 0 saturated heterocycles. The first-order chi connectivity index (χ1) is 7.63. The summed E-state index contributed by atoms with van der Waals surface area (Å²) in [6.45, 7) is 5.92. The normalized spacial score (nSPS) is 10.4. The van der Waals surface area contributed by atoms with Gasteiger partial charge in [0, 0.05) is 17.6 Å². The molecule has 16 heavy (non-hydrogen) atoms. The van der Waals surface area contributed by atoms with Crippen LogP contribution in [-0.2, 0) is 4.79 Å². The van der Waals surface area contributed by atoms with E-state index >= 15 is 0 Å². The van der Waals surface area contributed by atoms with Crippen molar-refractivity contribution in [3.05, 3.63) is 53.1 Å². The summed E-state index contributed by atoms with van der Waals surface area (Å²) < 4.78 is 0. The van der Waals surface area contributed by atoms with E-state index < -0.39 is 0 Å². The molecule has 1 aromatic carbocycles. The van der Waals surface area contributed by atoms with Crippen molar-refractivity contribution < 1.29 is 4.79 Å². The van der Waals surface area contributed by atoms with Gasteiger partial charge >= 0.3 is 0 Å². The monoisotopic (exact) mass is 235 g/mol. The number of nitrogens with one attached hydrogen (secondary N) is 1. The van der Waals surface area contributed by atoms with Gasteiger partial charge in [0.2, 0.25) is 5.91 Å². The Hall–Kier alpha value is -1.54. The molecule has 1 aromatic rings. The van der Waals surface area contributed by atoms with Gasteiger partial charge in [-0.05, 0) is 30.2 Å². The van der Waals surface area contributed by atoms with Gasteiger partial charge in [0.15, 0.2) is 0 Å². The summed E-state index contributed by atoms with van der Waals surface area (Å²) >= 11 is 5.97. The van der Waals surface area contributed by atoms with Gasteiger partial charge in [0.05, 0.1) is 0 Å². The maximum Gasteiger partial charge on any atom is 0.244 e. The van der Waals surface area contributed by atoms with Gasteiger partial charge in [0.1, 0.15) is 0 Å². The summed E-state index contributed by atoms with van der Waals surface area (Å²) in [6, 6.07) is 5.66. The third-order valence-corrected chi connectivity index (χ3v) is 2.45. The van der Waals surface area contributed by atoms with Crippen molar-refractivity contribution in [3.63, 3.8) is 0 Å². The predicted octanol–water partition coefficient (Wildman–Crippen LogP) is 2.96. The third kappa shape index (κ3) is 3.91. The average molecular weight is 236 g/mol. The lowest BCUT2D eigenvalue weighted by atomic mass is 10.1. The number of benzene rings is 1. The van der Waals surface area contributed by atoms with E-state index in [1.807, 2.05) is 25.1 Å². The van der Waals surface area contributed by atoms with Crippen LogP contribution in [0.2, 0.25) is 5.02 Å². The van der Waals surface area contributed by atoms with E-state index in [2.05, 4.69) is 11.9 Å². The molecule has 0 saturated carbocycles. The highest BCUT2D eigenvalue weighted by Gasteiger charge is 1.96. The molecule has 0 spiro atoms. The quantitative estimate of drug-likeness (QED) is 0.631. The minimum absolute atomic E-state index is 0.142. The molecule has 0 aliphatic heterocycles. The van der Waals surface area contributed by atoms with Crippen molar-refractivity contribution in [1.29, 1.82) is 0 Å². The molecular formula is C13H14ClNO. The number of carbonyl (C=O) groups is 1. The highest BCUT2D eigenvalue weighted by Crippen LogP contribution is 2.17. The van der Waals surface area contributed by atoms with E-state index in [1.54, 1.807) is 12.2 Å². The summed E-state index contributed by atoms with van der Waals surface area (Å²) in [7, 11) is 0. The molecule has 0 unspecified atom stereocenters. The molecule has 0 aliphatic carbocycles. The number of rotatable bonds is 4. The Morgan fingerprint density at radius 1 is 1.56 bits per heavy atom. The van der Waals surface area contributed by atoms with Crippen LogP contribution in [0.15, 0.2) is 36.9 Å². The second kappa shape index (κ2) is 6.13. The maximum absolute atomic E-state index is 11.2. The number of hydrogen-bond acceptors (Lipinski definition) is 1. The number of halogens is 1. The third-order valence-electron chi connectivity index (χ3n) is 2.04. The van der Waals surface area contributed by atoms with Crippen molar-refractivity contribution >= 4 is 23.6 Å². The molecule has 2 nitrogen and oxygen atoms in total. The molecule has 84 valence electrons. The van der Waals surface area contributed by atoms with E-state index in [-0.39, 0.29) is 5.91 Å². The van der Waals surface area contributed by atoms with Crippen LogP contribution < -0.4 is 5.32 Å². The fraction of sp³-hybridized carbons (Fsp3) is 0.154. The minimum atomic E-state index is -0.142. The molecule has 0 atom stereocenters. The standard InChI is InChI=1S/C13H14ClNO/c1-3-8-15-13(16)7-6-11-5-4-10(2)12(14)9-11/h3-7,9H,1,8H2,2H3,(H,15,16)/b7-6-. The summed E-state index contributed by atoms with van der Waals surface area (Å²) in [5, 5.41) is 3.35. The molecule has 3 heteroatoms. The minimum Gasteiger partial charge on any atom is -0.349 e. The summed E-state index contributed by atoms with van der Waals surface area (Å²) in [5.74, 6) is -0.142. The predicted molar refractivity (Wildman–Crippen MR) is 68.4 cm³/mol. The van der Waals surface area contributed by atoms with Crippen LogP contribution in [0.5, 0.6) is 0 Å². The van der Waals surface area contributed by atoms with E-state index in [0.717, 1.165) is 11.1 Å². The maximum atomic E-state index is 11.2. The molecule has 0 heterocycles. The van der Waals surface area contributed by atoms with Crippen LogP contribution in [0.4, 0.5) is 0 Å². The van der Waals surface area contributed by atoms with Crippen LogP contribution in [0.3, 0.4) is 0 Å². The zero-order valence-electron chi connectivity index (χ0n) is 9.16. The second-order valence-electron chi connectivity index (χ2n) is 3.38. The van der Waals surface area contributed by atoms with Crippen LogP contribution >= 0.6 is 11.6 Å². The zero-order chi connectivity index (χ0) is 12.0. The highest BCUT2D eigenvalue weighted by molar-refractivity contribution is 6.31. The number of aryl methyl sites for hydroxylation is 1. The van der Waals surface area contributed by atoms with Gasteiger partial charge in [-0.3, -0.25) is 4.79 Å². The zero-order valence-corrected chi connectivity index (χ0v) is 9.92. The van der Waals surface area contributed by atoms with Crippen LogP contribution in [0.1, 0.15) is 11.1 Å². The molecule has 1 amide bonds. The van der Waals surface area contributed by atoms with Gasteiger partial charge < -0.3 is 5.32 Å². The van der Waals surface area contributed by atoms with Crippen molar-refractivity contribution in [2.24, 2.45) is 0 Å². The lowest BCUT2D eigenvalue weighted by Crippen LogP contribution is -2.20. The Kier molecular flexibility index (Phi) is 4.80. The van der Waals surface area contributed by atoms with Crippen LogP contribution in [-0.4, -0.2) is 12.5 Å². The largest absolute Gasteiger partial charge is 0.349 e. The Morgan fingerprint density at radius 3 is 2.94 bits per heavy atom. The number of amides is 1. The molecular weight excluding hydrogens is 222 g/mol. The lowest BCUT2D eigenvalue weighted by Gasteiger charge is -1.99. The molecule has 1 rings (SSSR count). The van der Waals surface area contributed by atoms with E-state index in [9.17, 15) is 4.79 Å². The molecule has 0 aromatic heterocycles. The number of hydrogen-bond donors (Lipinski definition) is 1. The van der Waals surface area contributed by atoms with E-state index in [1.165, 1.54) is 6.08 Å². The first kappa shape index (κ1) is 12.5. The van der Waals surface area contributed by atoms with Gasteiger partial charge in [-0.15, -0.1) is 6.58 Å². The Balaban J connectivity index is 2.65. The van der Waals surface area contributed by atoms with Crippen molar-refractivity contribution in [3.8, 4) is 0 Å². The van der Waals surface area contributed by atoms with Crippen molar-refractivity contribution in [1.82, 2.24) is 5.32 Å². The van der Waals surface area contributed by atoms with Gasteiger partial charge in [-0.2, -0.15) is 0 Å². The fourth-order valence-corrected chi connectivity index (χ4v) is 1.31. The Labute approximate surface area is 101 Å². The average Bonchev–Trinajstić information content (AvgIpc) is 2.28. The van der Waals surface area contributed by atoms with E-state index in [0.29, 0.717) is 11.6 Å². The first-order valence-corrected chi connectivity index (χ1v) is 5.34. The van der Waals surface area contributed by atoms with Crippen molar-refractivity contribution in [2.45, 2.75) is 6.92 Å². The Bertz CT molecular complexity index is 424. The van der Waals surface area contributed by atoms with Gasteiger partial charge in [0.25, 0.3) is 0 Å². The summed E-state index contributed by atoms with van der Waals surface area (Å²) in [4.78, 5) is 11.2. The topological polar surface area (TPSA) is 29.1 Å². The smallest absolute Gasteiger partial charge is 0.244 e. The van der Waals surface area contributed by atoms with Crippen LogP contribution in [0.25, 0.3) is 6.08 Å². The SMILES string of the molecule is C=CCNC(=O)/C=C\c1ccc(C)c(Cl)c1. The van der Waals surface area contributed by atoms with Crippen LogP contribution in [0, 0.1) is 6.92 Å². The number of carbonyl (C=O) groups excluding carboxylic acids is 1. The molecule has 0 bridgehead atoms. The summed E-state index contributed by atoms with van der Waals surface area (Å²) in [5.41, 5.74) is 1.93. The molecule has 0 fully saturated rings. The molecule has 0 radical (unpaired) electrons. The lowest BCUT2D eigenvalue weighted by molar-refractivity contribution is -0.116. The van der Waals surface area contributed by atoms with Crippen molar-refractivity contribution in [2.75, 3.05) is 6.54 Å². The van der Waals surface area contributed by atoms with Gasteiger partial charge in [-0.25, -0.2) is 0 Å². The highest BCUT2D eigenvalue weighted by atomic mass is 35.5. The summed E-state index contributed by atoms with van der Waals surface area (Å²) in [6.07, 6.45) is 4.84.